The lowest BCUT2D eigenvalue weighted by molar-refractivity contribution is -0.440. The van der Waals surface area contributed by atoms with Crippen LogP contribution in [0.3, 0.4) is 0 Å². The molecule has 0 bridgehead atoms. The van der Waals surface area contributed by atoms with E-state index in [4.69, 9.17) is 10.2 Å². The highest BCUT2D eigenvalue weighted by atomic mass is 19.4. The zero-order valence-electron chi connectivity index (χ0n) is 27.8. The number of nitrogens with zero attached hydrogens (tertiary/aromatic N) is 2. The van der Waals surface area contributed by atoms with Gasteiger partial charge in [0.2, 0.25) is 0 Å². The lowest BCUT2D eigenvalue weighted by Gasteiger charge is -2.41. The van der Waals surface area contributed by atoms with Crippen molar-refractivity contribution in [3.63, 3.8) is 0 Å². The Morgan fingerprint density at radius 3 is 0.965 bits per heavy atom. The van der Waals surface area contributed by atoms with Crippen LogP contribution in [0.25, 0.3) is 0 Å². The smallest absolute Gasteiger partial charge is 0.460 e. The molecule has 340 valence electrons. The van der Waals surface area contributed by atoms with E-state index in [0.29, 0.717) is 0 Å². The molecule has 0 heterocycles. The van der Waals surface area contributed by atoms with Gasteiger partial charge in [0, 0.05) is 13.1 Å². The van der Waals surface area contributed by atoms with E-state index in [9.17, 15) is 124 Å². The van der Waals surface area contributed by atoms with Gasteiger partial charge in [-0.05, 0) is 24.2 Å². The Labute approximate surface area is 299 Å². The molecule has 0 radical (unpaired) electrons. The summed E-state index contributed by atoms with van der Waals surface area (Å²) in [6.45, 7) is -7.75. The molecule has 0 aliphatic heterocycles. The average molecular weight is 910 g/mol. The molecule has 57 heavy (non-hydrogen) atoms. The third kappa shape index (κ3) is 9.46. The Balaban J connectivity index is 6.26. The molecule has 6 nitrogen and oxygen atoms in total. The number of rotatable bonds is 19. The number of alkyl halides is 26. The van der Waals surface area contributed by atoms with Gasteiger partial charge < -0.3 is 20.0 Å². The Hall–Kier alpha value is -3.28. The molecular formula is C25H24F26N2O4. The van der Waals surface area contributed by atoms with Crippen molar-refractivity contribution in [1.29, 1.82) is 0 Å². The fraction of sp³-hybridized carbons (Fsp3) is 0.920. The molecule has 32 heteroatoms. The second kappa shape index (κ2) is 15.4. The fourth-order valence-electron chi connectivity index (χ4n) is 4.72. The van der Waals surface area contributed by atoms with Crippen molar-refractivity contribution in [2.75, 3.05) is 26.2 Å². The number of amides is 2. The number of carboxylic acid groups (broad SMARTS) is 2. The van der Waals surface area contributed by atoms with E-state index in [1.165, 1.54) is 0 Å². The van der Waals surface area contributed by atoms with Gasteiger partial charge in [-0.3, -0.25) is 0 Å². The highest BCUT2D eigenvalue weighted by molar-refractivity contribution is 5.65. The lowest BCUT2D eigenvalue weighted by Crippen LogP contribution is -2.71. The number of hydrogen-bond acceptors (Lipinski definition) is 2. The molecule has 0 spiro atoms. The maximum Gasteiger partial charge on any atom is 0.460 e. The van der Waals surface area contributed by atoms with Gasteiger partial charge in [-0.1, -0.05) is 20.8 Å². The largest absolute Gasteiger partial charge is 0.465 e. The van der Waals surface area contributed by atoms with Crippen LogP contribution >= 0.6 is 0 Å². The normalized spacial score (nSPS) is 16.1. The van der Waals surface area contributed by atoms with Gasteiger partial charge in [0.25, 0.3) is 0 Å². The highest BCUT2D eigenvalue weighted by Crippen LogP contribution is 2.62. The first-order chi connectivity index (χ1) is 24.4. The minimum absolute atomic E-state index is 0.727. The Bertz CT molecular complexity index is 1420. The van der Waals surface area contributed by atoms with Crippen molar-refractivity contribution in [2.24, 2.45) is 11.3 Å². The molecule has 0 aliphatic carbocycles. The van der Waals surface area contributed by atoms with E-state index in [0.717, 1.165) is 20.8 Å². The third-order valence-electron chi connectivity index (χ3n) is 7.73. The van der Waals surface area contributed by atoms with E-state index in [2.05, 4.69) is 0 Å². The van der Waals surface area contributed by atoms with Crippen molar-refractivity contribution in [3.05, 3.63) is 0 Å². The van der Waals surface area contributed by atoms with Crippen LogP contribution in [0.15, 0.2) is 0 Å². The zero-order chi connectivity index (χ0) is 46.6. The van der Waals surface area contributed by atoms with E-state index in [-0.39, 0.29) is 0 Å². The fourth-order valence-corrected chi connectivity index (χ4v) is 4.72. The molecule has 1 unspecified atom stereocenters. The molecule has 0 aliphatic rings. The molecule has 0 aromatic rings. The number of halogens is 26. The molecule has 0 saturated heterocycles. The quantitative estimate of drug-likeness (QED) is 0.127. The molecule has 0 aromatic heterocycles. The Kier molecular flexibility index (Phi) is 14.5. The summed E-state index contributed by atoms with van der Waals surface area (Å²) in [4.78, 5) is 20.8. The summed E-state index contributed by atoms with van der Waals surface area (Å²) in [5, 5.41) is 18.2. The van der Waals surface area contributed by atoms with Gasteiger partial charge in [0.15, 0.2) is 0 Å². The van der Waals surface area contributed by atoms with Gasteiger partial charge >= 0.3 is 83.8 Å². The zero-order valence-corrected chi connectivity index (χ0v) is 27.8. The predicted molar refractivity (Wildman–Crippen MR) is 133 cm³/mol. The molecule has 1 atom stereocenters. The summed E-state index contributed by atoms with van der Waals surface area (Å²) in [6, 6.07) is 0. The molecule has 0 saturated carbocycles. The monoisotopic (exact) mass is 910 g/mol. The minimum atomic E-state index is -8.33. The van der Waals surface area contributed by atoms with Crippen molar-refractivity contribution in [3.8, 4) is 0 Å². The first-order valence-corrected chi connectivity index (χ1v) is 14.3. The summed E-state index contributed by atoms with van der Waals surface area (Å²) in [5.74, 6) is -80.6. The van der Waals surface area contributed by atoms with Gasteiger partial charge in [-0.25, -0.2) is 9.59 Å². The first kappa shape index (κ1) is 53.7. The SMILES string of the molecule is CC(CCN(CC(F)(F)C(F)(F)C(F)(F)C(F)(F)C(F)(F)C(F)(F)F)C(=O)O)CC(C)(C)CN(CC(F)(F)C(F)(F)C(F)(F)C(F)(F)C(F)(F)C(F)(F)F)C(=O)O. The first-order valence-electron chi connectivity index (χ1n) is 14.3. The van der Waals surface area contributed by atoms with Crippen LogP contribution in [0, 0.1) is 11.3 Å². The summed E-state index contributed by atoms with van der Waals surface area (Å²) < 4.78 is 348. The topological polar surface area (TPSA) is 81.1 Å². The highest BCUT2D eigenvalue weighted by Gasteiger charge is 2.92. The van der Waals surface area contributed by atoms with E-state index >= 15 is 0 Å². The van der Waals surface area contributed by atoms with Crippen LogP contribution in [0.1, 0.15) is 33.6 Å². The summed E-state index contributed by atoms with van der Waals surface area (Å²) in [5.41, 5.74) is -2.10. The van der Waals surface area contributed by atoms with Crippen LogP contribution in [-0.4, -0.2) is 130 Å². The predicted octanol–water partition coefficient (Wildman–Crippen LogP) is 10.9. The van der Waals surface area contributed by atoms with Crippen LogP contribution in [0.5, 0.6) is 0 Å². The number of hydrogen-bond donors (Lipinski definition) is 2. The van der Waals surface area contributed by atoms with Gasteiger partial charge in [0.1, 0.15) is 0 Å². The minimum Gasteiger partial charge on any atom is -0.465 e. The lowest BCUT2D eigenvalue weighted by atomic mass is 9.81. The summed E-state index contributed by atoms with van der Waals surface area (Å²) in [7, 11) is 0. The maximum absolute atomic E-state index is 14.4. The van der Waals surface area contributed by atoms with Gasteiger partial charge in [0.05, 0.1) is 13.1 Å². The van der Waals surface area contributed by atoms with Crippen LogP contribution in [0.2, 0.25) is 0 Å². The average Bonchev–Trinajstić information content (AvgIpc) is 2.96. The second-order valence-electron chi connectivity index (χ2n) is 13.1. The molecule has 0 aromatic carbocycles. The van der Waals surface area contributed by atoms with E-state index in [1.54, 1.807) is 0 Å². The van der Waals surface area contributed by atoms with Crippen LogP contribution < -0.4 is 0 Å². The second-order valence-corrected chi connectivity index (χ2v) is 13.1. The summed E-state index contributed by atoms with van der Waals surface area (Å²) >= 11 is 0. The van der Waals surface area contributed by atoms with Gasteiger partial charge in [-0.2, -0.15) is 114 Å². The Morgan fingerprint density at radius 2 is 0.702 bits per heavy atom. The molecule has 0 rings (SSSR count). The van der Waals surface area contributed by atoms with Crippen LogP contribution in [-0.2, 0) is 0 Å². The molecule has 2 N–H and O–H groups in total. The van der Waals surface area contributed by atoms with Crippen LogP contribution in [0.4, 0.5) is 124 Å². The summed E-state index contributed by atoms with van der Waals surface area (Å²) in [6.07, 6.45) is -23.1. The van der Waals surface area contributed by atoms with Crippen molar-refractivity contribution >= 4 is 12.2 Å². The molecule has 0 fully saturated rings. The molecule has 2 amide bonds. The van der Waals surface area contributed by atoms with E-state index in [1.807, 2.05) is 0 Å². The molecular weight excluding hydrogens is 886 g/mol. The third-order valence-corrected chi connectivity index (χ3v) is 7.73. The van der Waals surface area contributed by atoms with Crippen molar-refractivity contribution in [1.82, 2.24) is 9.80 Å². The van der Waals surface area contributed by atoms with Crippen molar-refractivity contribution in [2.45, 2.75) is 105 Å². The Morgan fingerprint density at radius 1 is 0.439 bits per heavy atom. The van der Waals surface area contributed by atoms with Crippen molar-refractivity contribution < 1.29 is 134 Å². The standard InChI is InChI=1S/C25H24F26N2O4/c1-10(4-5-52(11(54)55)8-14(26,27)16(30,31)18(34,35)20(38,39)22(42,43)24(46,47)48)6-13(2,3)7-53(12(56)57)9-15(28,29)17(32,33)19(36,37)21(40,41)23(44,45)25(49,50)51/h10H,4-9H2,1-3H3,(H,54,55)(H,56,57). The maximum atomic E-state index is 14.4. The van der Waals surface area contributed by atoms with Gasteiger partial charge in [-0.15, -0.1) is 0 Å². The van der Waals surface area contributed by atoms with E-state index < -0.39 is 144 Å². The number of carbonyl (C=O) groups is 2.